The molecule has 0 fully saturated rings. The van der Waals surface area contributed by atoms with Crippen LogP contribution in [0.2, 0.25) is 0 Å². The summed E-state index contributed by atoms with van der Waals surface area (Å²) in [5.74, 6) is 0.303. The highest BCUT2D eigenvalue weighted by Gasteiger charge is 2.15. The molecule has 1 aromatic heterocycles. The lowest BCUT2D eigenvalue weighted by Crippen LogP contribution is -2.34. The van der Waals surface area contributed by atoms with Crippen LogP contribution in [0, 0.1) is 5.92 Å². The van der Waals surface area contributed by atoms with Gasteiger partial charge in [0.25, 0.3) is 5.91 Å². The molecule has 0 radical (unpaired) electrons. The van der Waals surface area contributed by atoms with Crippen molar-refractivity contribution >= 4 is 5.91 Å². The van der Waals surface area contributed by atoms with Gasteiger partial charge in [0, 0.05) is 19.7 Å². The zero-order valence-electron chi connectivity index (χ0n) is 10.6. The van der Waals surface area contributed by atoms with Crippen molar-refractivity contribution in [3.05, 3.63) is 11.8 Å². The quantitative estimate of drug-likeness (QED) is 0.770. The number of aliphatic hydroxyl groups is 1. The van der Waals surface area contributed by atoms with Crippen LogP contribution in [-0.4, -0.2) is 40.6 Å². The largest absolute Gasteiger partial charge is 0.481 e. The van der Waals surface area contributed by atoms with Crippen molar-refractivity contribution < 1.29 is 14.6 Å². The number of methoxy groups -OCH3 is 1. The van der Waals surface area contributed by atoms with Crippen LogP contribution in [0.1, 0.15) is 24.3 Å². The number of amides is 1. The number of ether oxygens (including phenoxy) is 1. The molecular weight excluding hydrogens is 222 g/mol. The van der Waals surface area contributed by atoms with Gasteiger partial charge in [-0.2, -0.15) is 5.10 Å². The van der Waals surface area contributed by atoms with E-state index in [-0.39, 0.29) is 24.1 Å². The Morgan fingerprint density at radius 3 is 2.76 bits per heavy atom. The molecule has 1 heterocycles. The molecule has 0 bridgehead atoms. The first kappa shape index (κ1) is 13.5. The molecule has 1 rings (SSSR count). The van der Waals surface area contributed by atoms with E-state index >= 15 is 0 Å². The number of nitrogens with one attached hydrogen (secondary N) is 1. The summed E-state index contributed by atoms with van der Waals surface area (Å²) < 4.78 is 6.49. The Morgan fingerprint density at radius 2 is 2.29 bits per heavy atom. The van der Waals surface area contributed by atoms with Crippen molar-refractivity contribution in [1.82, 2.24) is 15.1 Å². The minimum atomic E-state index is -0.551. The van der Waals surface area contributed by atoms with E-state index in [2.05, 4.69) is 10.4 Å². The molecule has 0 spiro atoms. The average molecular weight is 241 g/mol. The summed E-state index contributed by atoms with van der Waals surface area (Å²) in [4.78, 5) is 11.7. The minimum absolute atomic E-state index is 0.105. The molecule has 1 unspecified atom stereocenters. The number of nitrogens with zero attached hydrogens (tertiary/aromatic N) is 2. The number of hydrogen-bond acceptors (Lipinski definition) is 4. The van der Waals surface area contributed by atoms with E-state index in [4.69, 9.17) is 4.74 Å². The van der Waals surface area contributed by atoms with E-state index in [1.54, 1.807) is 13.1 Å². The van der Waals surface area contributed by atoms with E-state index in [1.807, 2.05) is 13.8 Å². The van der Waals surface area contributed by atoms with Crippen LogP contribution in [0.3, 0.4) is 0 Å². The van der Waals surface area contributed by atoms with E-state index in [1.165, 1.54) is 11.8 Å². The number of aryl methyl sites for hydroxylation is 1. The molecule has 6 nitrogen and oxygen atoms in total. The third-order valence-corrected chi connectivity index (χ3v) is 2.52. The number of aliphatic hydroxyl groups excluding tert-OH is 1. The number of rotatable bonds is 5. The van der Waals surface area contributed by atoms with Gasteiger partial charge in [-0.15, -0.1) is 0 Å². The summed E-state index contributed by atoms with van der Waals surface area (Å²) in [5, 5.41) is 16.2. The lowest BCUT2D eigenvalue weighted by atomic mass is 10.1. The Morgan fingerprint density at radius 1 is 1.65 bits per heavy atom. The van der Waals surface area contributed by atoms with Gasteiger partial charge in [0.15, 0.2) is 5.69 Å². The first-order chi connectivity index (χ1) is 7.95. The molecule has 0 saturated heterocycles. The first-order valence-corrected chi connectivity index (χ1v) is 5.50. The highest BCUT2D eigenvalue weighted by Crippen LogP contribution is 2.10. The molecule has 6 heteroatoms. The zero-order chi connectivity index (χ0) is 13.0. The van der Waals surface area contributed by atoms with Crippen molar-refractivity contribution in [2.75, 3.05) is 13.7 Å². The molecule has 0 aliphatic heterocycles. The van der Waals surface area contributed by atoms with Crippen molar-refractivity contribution in [3.8, 4) is 5.88 Å². The van der Waals surface area contributed by atoms with Crippen LogP contribution < -0.4 is 10.1 Å². The van der Waals surface area contributed by atoms with Gasteiger partial charge in [-0.25, -0.2) is 4.68 Å². The van der Waals surface area contributed by atoms with Gasteiger partial charge in [-0.1, -0.05) is 13.8 Å². The van der Waals surface area contributed by atoms with Crippen molar-refractivity contribution in [3.63, 3.8) is 0 Å². The monoisotopic (exact) mass is 241 g/mol. The predicted octanol–water partition coefficient (Wildman–Crippen LogP) is 0.175. The Kier molecular flexibility index (Phi) is 4.51. The molecular formula is C11H19N3O3. The van der Waals surface area contributed by atoms with Crippen LogP contribution >= 0.6 is 0 Å². The van der Waals surface area contributed by atoms with Crippen LogP contribution in [0.4, 0.5) is 0 Å². The average Bonchev–Trinajstić information content (AvgIpc) is 2.66. The lowest BCUT2D eigenvalue weighted by molar-refractivity contribution is 0.0866. The number of carbonyl (C=O) groups is 1. The van der Waals surface area contributed by atoms with Crippen LogP contribution in [-0.2, 0) is 7.05 Å². The molecule has 1 amide bonds. The molecule has 17 heavy (non-hydrogen) atoms. The van der Waals surface area contributed by atoms with Gasteiger partial charge in [0.05, 0.1) is 13.2 Å². The van der Waals surface area contributed by atoms with Gasteiger partial charge < -0.3 is 15.2 Å². The van der Waals surface area contributed by atoms with Crippen LogP contribution in [0.15, 0.2) is 6.07 Å². The SMILES string of the molecule is COc1cc(C(=O)NCC(O)C(C)C)nn1C. The van der Waals surface area contributed by atoms with Gasteiger partial charge in [0.1, 0.15) is 0 Å². The maximum absolute atomic E-state index is 11.7. The van der Waals surface area contributed by atoms with Crippen molar-refractivity contribution in [2.24, 2.45) is 13.0 Å². The minimum Gasteiger partial charge on any atom is -0.481 e. The third kappa shape index (κ3) is 3.45. The maximum Gasteiger partial charge on any atom is 0.272 e. The second-order valence-corrected chi connectivity index (χ2v) is 4.22. The highest BCUT2D eigenvalue weighted by atomic mass is 16.5. The number of aromatic nitrogens is 2. The Balaban J connectivity index is 2.58. The summed E-state index contributed by atoms with van der Waals surface area (Å²) in [7, 11) is 3.21. The Bertz CT molecular complexity index is 387. The fourth-order valence-corrected chi connectivity index (χ4v) is 1.28. The molecule has 1 atom stereocenters. The summed E-state index contributed by atoms with van der Waals surface area (Å²) in [5.41, 5.74) is 0.278. The Hall–Kier alpha value is -1.56. The fourth-order valence-electron chi connectivity index (χ4n) is 1.28. The normalized spacial score (nSPS) is 12.6. The first-order valence-electron chi connectivity index (χ1n) is 5.50. The summed E-state index contributed by atoms with van der Waals surface area (Å²) in [6, 6.07) is 1.55. The van der Waals surface area contributed by atoms with E-state index in [0.717, 1.165) is 0 Å². The summed E-state index contributed by atoms with van der Waals surface area (Å²) >= 11 is 0. The smallest absolute Gasteiger partial charge is 0.272 e. The third-order valence-electron chi connectivity index (χ3n) is 2.52. The molecule has 0 aromatic carbocycles. The second-order valence-electron chi connectivity index (χ2n) is 4.22. The van der Waals surface area contributed by atoms with E-state index in [0.29, 0.717) is 5.88 Å². The highest BCUT2D eigenvalue weighted by molar-refractivity contribution is 5.92. The molecule has 1 aromatic rings. The van der Waals surface area contributed by atoms with Gasteiger partial charge in [-0.3, -0.25) is 4.79 Å². The Labute approximate surface area is 101 Å². The lowest BCUT2D eigenvalue weighted by Gasteiger charge is -2.14. The van der Waals surface area contributed by atoms with E-state index < -0.39 is 6.10 Å². The fraction of sp³-hybridized carbons (Fsp3) is 0.636. The summed E-state index contributed by atoms with van der Waals surface area (Å²) in [6.07, 6.45) is -0.551. The number of carbonyl (C=O) groups excluding carboxylic acids is 1. The maximum atomic E-state index is 11.7. The van der Waals surface area contributed by atoms with E-state index in [9.17, 15) is 9.90 Å². The zero-order valence-corrected chi connectivity index (χ0v) is 10.6. The standard InChI is InChI=1S/C11H19N3O3/c1-7(2)9(15)6-12-11(16)8-5-10(17-4)14(3)13-8/h5,7,9,15H,6H2,1-4H3,(H,12,16). The van der Waals surface area contributed by atoms with Gasteiger partial charge in [0.2, 0.25) is 5.88 Å². The van der Waals surface area contributed by atoms with Gasteiger partial charge >= 0.3 is 0 Å². The molecule has 96 valence electrons. The van der Waals surface area contributed by atoms with Crippen LogP contribution in [0.25, 0.3) is 0 Å². The van der Waals surface area contributed by atoms with Crippen molar-refractivity contribution in [1.29, 1.82) is 0 Å². The number of hydrogen-bond donors (Lipinski definition) is 2. The molecule has 2 N–H and O–H groups in total. The predicted molar refractivity (Wildman–Crippen MR) is 62.9 cm³/mol. The topological polar surface area (TPSA) is 76.4 Å². The van der Waals surface area contributed by atoms with Crippen molar-refractivity contribution in [2.45, 2.75) is 20.0 Å². The second kappa shape index (κ2) is 5.67. The molecule has 0 aliphatic rings. The summed E-state index contributed by atoms with van der Waals surface area (Å²) in [6.45, 7) is 4.00. The van der Waals surface area contributed by atoms with Gasteiger partial charge in [-0.05, 0) is 5.92 Å². The molecule has 0 aliphatic carbocycles. The molecule has 0 saturated carbocycles. The van der Waals surface area contributed by atoms with Crippen LogP contribution in [0.5, 0.6) is 5.88 Å².